The Kier molecular flexibility index (Phi) is 3.53. The second-order valence-corrected chi connectivity index (χ2v) is 4.21. The van der Waals surface area contributed by atoms with E-state index in [1.54, 1.807) is 0 Å². The Hall–Kier alpha value is -2.00. The van der Waals surface area contributed by atoms with Crippen molar-refractivity contribution in [3.05, 3.63) is 52.1 Å². The van der Waals surface area contributed by atoms with Gasteiger partial charge in [-0.2, -0.15) is 9.65 Å². The molecule has 0 aliphatic rings. The molecule has 18 heavy (non-hydrogen) atoms. The Bertz CT molecular complexity index is 623. The molecule has 2 rings (SSSR count). The van der Waals surface area contributed by atoms with Gasteiger partial charge in [0.05, 0.1) is 5.56 Å². The number of hydrogen-bond acceptors (Lipinski definition) is 3. The van der Waals surface area contributed by atoms with Crippen molar-refractivity contribution in [2.24, 2.45) is 0 Å². The molecule has 90 valence electrons. The van der Waals surface area contributed by atoms with Crippen molar-refractivity contribution in [3.63, 3.8) is 0 Å². The van der Waals surface area contributed by atoms with Gasteiger partial charge >= 0.3 is 0 Å². The zero-order valence-corrected chi connectivity index (χ0v) is 10.4. The highest BCUT2D eigenvalue weighted by Gasteiger charge is 2.12. The van der Waals surface area contributed by atoms with Gasteiger partial charge in [-0.1, -0.05) is 15.9 Å². The SMILES string of the molecule is N#Cc1ccc(Oc2cc(Br)cc(F)c2F)nc1. The lowest BCUT2D eigenvalue weighted by atomic mass is 10.3. The Morgan fingerprint density at radius 3 is 2.67 bits per heavy atom. The van der Waals surface area contributed by atoms with Crippen LogP contribution in [0.25, 0.3) is 0 Å². The maximum atomic E-state index is 13.4. The molecule has 1 heterocycles. The first-order valence-corrected chi connectivity index (χ1v) is 5.58. The van der Waals surface area contributed by atoms with Crippen LogP contribution in [0, 0.1) is 23.0 Å². The minimum atomic E-state index is -1.09. The number of nitrogens with zero attached hydrogens (tertiary/aromatic N) is 2. The van der Waals surface area contributed by atoms with Crippen LogP contribution in [0.3, 0.4) is 0 Å². The molecule has 0 aliphatic carbocycles. The Morgan fingerprint density at radius 2 is 2.06 bits per heavy atom. The van der Waals surface area contributed by atoms with Gasteiger partial charge in [0.1, 0.15) is 6.07 Å². The average molecular weight is 311 g/mol. The van der Waals surface area contributed by atoms with Crippen molar-refractivity contribution in [1.82, 2.24) is 4.98 Å². The summed E-state index contributed by atoms with van der Waals surface area (Å²) in [5, 5.41) is 8.59. The summed E-state index contributed by atoms with van der Waals surface area (Å²) in [6.07, 6.45) is 1.28. The first-order chi connectivity index (χ1) is 8.60. The number of ether oxygens (including phenoxy) is 1. The largest absolute Gasteiger partial charge is 0.436 e. The van der Waals surface area contributed by atoms with Crippen molar-refractivity contribution in [1.29, 1.82) is 5.26 Å². The Balaban J connectivity index is 2.31. The van der Waals surface area contributed by atoms with Crippen LogP contribution in [-0.4, -0.2) is 4.98 Å². The Morgan fingerprint density at radius 1 is 1.28 bits per heavy atom. The number of hydrogen-bond donors (Lipinski definition) is 0. The summed E-state index contributed by atoms with van der Waals surface area (Å²) >= 11 is 3.03. The normalized spacial score (nSPS) is 9.89. The van der Waals surface area contributed by atoms with Gasteiger partial charge in [0.2, 0.25) is 11.7 Å². The minimum Gasteiger partial charge on any atom is -0.436 e. The first-order valence-electron chi connectivity index (χ1n) is 4.78. The predicted molar refractivity (Wildman–Crippen MR) is 63.1 cm³/mol. The maximum absolute atomic E-state index is 13.4. The van der Waals surface area contributed by atoms with Crippen molar-refractivity contribution in [3.8, 4) is 17.7 Å². The lowest BCUT2D eigenvalue weighted by Gasteiger charge is -2.06. The van der Waals surface area contributed by atoms with Crippen molar-refractivity contribution < 1.29 is 13.5 Å². The van der Waals surface area contributed by atoms with Crippen molar-refractivity contribution >= 4 is 15.9 Å². The third kappa shape index (κ3) is 2.63. The van der Waals surface area contributed by atoms with E-state index in [4.69, 9.17) is 10.00 Å². The van der Waals surface area contributed by atoms with Gasteiger partial charge in [-0.3, -0.25) is 0 Å². The fraction of sp³-hybridized carbons (Fsp3) is 0. The smallest absolute Gasteiger partial charge is 0.219 e. The molecule has 0 spiro atoms. The van der Waals surface area contributed by atoms with Crippen LogP contribution < -0.4 is 4.74 Å². The lowest BCUT2D eigenvalue weighted by Crippen LogP contribution is -1.94. The molecular formula is C12H5BrF2N2O. The fourth-order valence-corrected chi connectivity index (χ4v) is 1.64. The zero-order valence-electron chi connectivity index (χ0n) is 8.82. The number of nitriles is 1. The van der Waals surface area contributed by atoms with E-state index in [0.717, 1.165) is 6.07 Å². The molecule has 0 atom stereocenters. The minimum absolute atomic E-state index is 0.0744. The molecule has 0 saturated heterocycles. The summed E-state index contributed by atoms with van der Waals surface area (Å²) in [5.41, 5.74) is 0.350. The number of rotatable bonds is 2. The first kappa shape index (κ1) is 12.5. The third-order valence-electron chi connectivity index (χ3n) is 2.04. The molecule has 6 heteroatoms. The molecule has 2 aromatic rings. The van der Waals surface area contributed by atoms with Crippen LogP contribution in [0.1, 0.15) is 5.56 Å². The van der Waals surface area contributed by atoms with Gasteiger partial charge in [0.15, 0.2) is 11.6 Å². The molecule has 3 nitrogen and oxygen atoms in total. The second kappa shape index (κ2) is 5.10. The highest BCUT2D eigenvalue weighted by Crippen LogP contribution is 2.28. The van der Waals surface area contributed by atoms with Crippen molar-refractivity contribution in [2.45, 2.75) is 0 Å². The van der Waals surface area contributed by atoms with Gasteiger partial charge in [-0.25, -0.2) is 9.37 Å². The van der Waals surface area contributed by atoms with Crippen LogP contribution in [0.2, 0.25) is 0 Å². The van der Waals surface area contributed by atoms with E-state index in [2.05, 4.69) is 20.9 Å². The number of benzene rings is 1. The topological polar surface area (TPSA) is 45.9 Å². The molecule has 0 bridgehead atoms. The maximum Gasteiger partial charge on any atom is 0.219 e. The van der Waals surface area contributed by atoms with Gasteiger partial charge in [0.25, 0.3) is 0 Å². The molecular weight excluding hydrogens is 306 g/mol. The monoisotopic (exact) mass is 310 g/mol. The number of pyridine rings is 1. The molecule has 0 radical (unpaired) electrons. The fourth-order valence-electron chi connectivity index (χ4n) is 1.23. The molecule has 0 N–H and O–H groups in total. The molecule has 0 fully saturated rings. The summed E-state index contributed by atoms with van der Waals surface area (Å²) in [7, 11) is 0. The second-order valence-electron chi connectivity index (χ2n) is 3.30. The quantitative estimate of drug-likeness (QED) is 0.793. The lowest BCUT2D eigenvalue weighted by molar-refractivity contribution is 0.405. The van der Waals surface area contributed by atoms with E-state index in [9.17, 15) is 8.78 Å². The van der Waals surface area contributed by atoms with E-state index >= 15 is 0 Å². The van der Waals surface area contributed by atoms with Gasteiger partial charge in [-0.05, 0) is 18.2 Å². The summed E-state index contributed by atoms with van der Waals surface area (Å²) in [6, 6.07) is 7.04. The molecule has 0 amide bonds. The Labute approximate surface area is 110 Å². The van der Waals surface area contributed by atoms with Crippen LogP contribution in [0.4, 0.5) is 8.78 Å². The summed E-state index contributed by atoms with van der Waals surface area (Å²) < 4.78 is 32.0. The van der Waals surface area contributed by atoms with Gasteiger partial charge in [-0.15, -0.1) is 0 Å². The van der Waals surface area contributed by atoms with Crippen molar-refractivity contribution in [2.75, 3.05) is 0 Å². The van der Waals surface area contributed by atoms with Crippen LogP contribution >= 0.6 is 15.9 Å². The molecule has 0 aliphatic heterocycles. The van der Waals surface area contributed by atoms with Gasteiger partial charge < -0.3 is 4.74 Å². The highest BCUT2D eigenvalue weighted by atomic mass is 79.9. The third-order valence-corrected chi connectivity index (χ3v) is 2.50. The average Bonchev–Trinajstić information content (AvgIpc) is 2.36. The molecule has 0 saturated carbocycles. The van der Waals surface area contributed by atoms with E-state index in [1.165, 1.54) is 24.4 Å². The number of aromatic nitrogens is 1. The van der Waals surface area contributed by atoms with Crippen LogP contribution in [-0.2, 0) is 0 Å². The van der Waals surface area contributed by atoms with Crippen LogP contribution in [0.15, 0.2) is 34.9 Å². The van der Waals surface area contributed by atoms with E-state index in [0.29, 0.717) is 10.0 Å². The number of halogens is 3. The van der Waals surface area contributed by atoms with Crippen LogP contribution in [0.5, 0.6) is 11.6 Å². The molecule has 1 aromatic carbocycles. The van der Waals surface area contributed by atoms with E-state index in [-0.39, 0.29) is 11.6 Å². The zero-order chi connectivity index (χ0) is 13.1. The molecule has 1 aromatic heterocycles. The summed E-state index contributed by atoms with van der Waals surface area (Å²) in [6.45, 7) is 0. The predicted octanol–water partition coefficient (Wildman–Crippen LogP) is 3.79. The summed E-state index contributed by atoms with van der Waals surface area (Å²) in [4.78, 5) is 3.80. The van der Waals surface area contributed by atoms with Gasteiger partial charge in [0, 0.05) is 16.7 Å². The van der Waals surface area contributed by atoms with E-state index < -0.39 is 11.6 Å². The molecule has 0 unspecified atom stereocenters. The van der Waals surface area contributed by atoms with E-state index in [1.807, 2.05) is 6.07 Å². The summed E-state index contributed by atoms with van der Waals surface area (Å²) in [5.74, 6) is -2.32. The standard InChI is InChI=1S/C12H5BrF2N2O/c13-8-3-9(14)12(15)10(4-8)18-11-2-1-7(5-16)6-17-11/h1-4,6H. The highest BCUT2D eigenvalue weighted by molar-refractivity contribution is 9.10.